The molecule has 4 nitrogen and oxygen atoms in total. The standard InChI is InChI=1S/C11H17N3O/c1-8-5-11(13-7-12-8)14-9(2)10-3-4-15-6-10/h5,7,9-10H,3-4,6H2,1-2H3,(H,12,13,14). The van der Waals surface area contributed by atoms with Crippen molar-refractivity contribution >= 4 is 5.82 Å². The molecular formula is C11H17N3O. The van der Waals surface area contributed by atoms with Crippen LogP contribution < -0.4 is 5.32 Å². The number of rotatable bonds is 3. The van der Waals surface area contributed by atoms with Crippen molar-refractivity contribution in [3.8, 4) is 0 Å². The van der Waals surface area contributed by atoms with Crippen LogP contribution in [0.5, 0.6) is 0 Å². The lowest BCUT2D eigenvalue weighted by Crippen LogP contribution is -2.26. The normalized spacial score (nSPS) is 22.7. The van der Waals surface area contributed by atoms with Gasteiger partial charge in [0.25, 0.3) is 0 Å². The van der Waals surface area contributed by atoms with E-state index in [0.29, 0.717) is 12.0 Å². The number of ether oxygens (including phenoxy) is 1. The molecule has 0 amide bonds. The minimum Gasteiger partial charge on any atom is -0.381 e. The molecule has 1 fully saturated rings. The van der Waals surface area contributed by atoms with E-state index in [2.05, 4.69) is 22.2 Å². The molecule has 0 aliphatic carbocycles. The molecule has 2 unspecified atom stereocenters. The summed E-state index contributed by atoms with van der Waals surface area (Å²) in [5.74, 6) is 1.50. The monoisotopic (exact) mass is 207 g/mol. The second-order valence-corrected chi connectivity index (χ2v) is 4.10. The molecule has 1 N–H and O–H groups in total. The molecule has 2 heterocycles. The minimum atomic E-state index is 0.404. The fourth-order valence-corrected chi connectivity index (χ4v) is 1.83. The molecule has 0 aromatic carbocycles. The van der Waals surface area contributed by atoms with Gasteiger partial charge in [0, 0.05) is 30.3 Å². The van der Waals surface area contributed by atoms with E-state index in [1.165, 1.54) is 0 Å². The van der Waals surface area contributed by atoms with Crippen LogP contribution in [0.25, 0.3) is 0 Å². The van der Waals surface area contributed by atoms with Crippen LogP contribution in [-0.2, 0) is 4.74 Å². The Labute approximate surface area is 90.1 Å². The highest BCUT2D eigenvalue weighted by Gasteiger charge is 2.22. The molecule has 0 saturated carbocycles. The third-order valence-corrected chi connectivity index (χ3v) is 2.85. The predicted molar refractivity (Wildman–Crippen MR) is 58.8 cm³/mol. The van der Waals surface area contributed by atoms with E-state index in [1.54, 1.807) is 6.33 Å². The third kappa shape index (κ3) is 2.65. The highest BCUT2D eigenvalue weighted by molar-refractivity contribution is 5.35. The fourth-order valence-electron chi connectivity index (χ4n) is 1.83. The number of hydrogen-bond donors (Lipinski definition) is 1. The molecule has 1 aliphatic heterocycles. The first kappa shape index (κ1) is 10.4. The predicted octanol–water partition coefficient (Wildman–Crippen LogP) is 1.62. The van der Waals surface area contributed by atoms with Gasteiger partial charge in [-0.05, 0) is 20.3 Å². The van der Waals surface area contributed by atoms with E-state index >= 15 is 0 Å². The van der Waals surface area contributed by atoms with Crippen molar-refractivity contribution < 1.29 is 4.74 Å². The maximum absolute atomic E-state index is 5.37. The lowest BCUT2D eigenvalue weighted by Gasteiger charge is -2.19. The second kappa shape index (κ2) is 4.57. The highest BCUT2D eigenvalue weighted by atomic mass is 16.5. The Balaban J connectivity index is 1.95. The first-order valence-electron chi connectivity index (χ1n) is 5.38. The van der Waals surface area contributed by atoms with Crippen LogP contribution in [0.15, 0.2) is 12.4 Å². The first-order valence-corrected chi connectivity index (χ1v) is 5.38. The summed E-state index contributed by atoms with van der Waals surface area (Å²) in [6, 6.07) is 2.37. The van der Waals surface area contributed by atoms with Gasteiger partial charge in [-0.15, -0.1) is 0 Å². The molecule has 2 rings (SSSR count). The topological polar surface area (TPSA) is 47.0 Å². The molecule has 1 aromatic heterocycles. The summed E-state index contributed by atoms with van der Waals surface area (Å²) in [7, 11) is 0. The fraction of sp³-hybridized carbons (Fsp3) is 0.636. The van der Waals surface area contributed by atoms with Gasteiger partial charge in [-0.1, -0.05) is 0 Å². The Morgan fingerprint density at radius 3 is 3.07 bits per heavy atom. The van der Waals surface area contributed by atoms with Gasteiger partial charge >= 0.3 is 0 Å². The van der Waals surface area contributed by atoms with Crippen molar-refractivity contribution in [2.45, 2.75) is 26.3 Å². The first-order chi connectivity index (χ1) is 7.25. The van der Waals surface area contributed by atoms with E-state index in [-0.39, 0.29) is 0 Å². The van der Waals surface area contributed by atoms with Crippen LogP contribution in [-0.4, -0.2) is 29.2 Å². The molecule has 15 heavy (non-hydrogen) atoms. The smallest absolute Gasteiger partial charge is 0.129 e. The van der Waals surface area contributed by atoms with Crippen LogP contribution >= 0.6 is 0 Å². The number of aryl methyl sites for hydroxylation is 1. The zero-order valence-corrected chi connectivity index (χ0v) is 9.23. The van der Waals surface area contributed by atoms with Gasteiger partial charge in [-0.25, -0.2) is 9.97 Å². The van der Waals surface area contributed by atoms with Crippen LogP contribution in [0.2, 0.25) is 0 Å². The van der Waals surface area contributed by atoms with E-state index in [4.69, 9.17) is 4.74 Å². The quantitative estimate of drug-likeness (QED) is 0.818. The van der Waals surface area contributed by atoms with Crippen LogP contribution in [0.3, 0.4) is 0 Å². The largest absolute Gasteiger partial charge is 0.381 e. The maximum atomic E-state index is 5.37. The maximum Gasteiger partial charge on any atom is 0.129 e. The summed E-state index contributed by atoms with van der Waals surface area (Å²) in [5.41, 5.74) is 0.988. The van der Waals surface area contributed by atoms with Gasteiger partial charge in [0.15, 0.2) is 0 Å². The Morgan fingerprint density at radius 1 is 1.53 bits per heavy atom. The van der Waals surface area contributed by atoms with Crippen molar-refractivity contribution in [2.24, 2.45) is 5.92 Å². The van der Waals surface area contributed by atoms with Gasteiger partial charge < -0.3 is 10.1 Å². The Bertz CT molecular complexity index is 323. The number of nitrogens with zero attached hydrogens (tertiary/aromatic N) is 2. The van der Waals surface area contributed by atoms with E-state index in [9.17, 15) is 0 Å². The average molecular weight is 207 g/mol. The minimum absolute atomic E-state index is 0.404. The van der Waals surface area contributed by atoms with Crippen LogP contribution in [0, 0.1) is 12.8 Å². The molecule has 0 radical (unpaired) electrons. The lowest BCUT2D eigenvalue weighted by atomic mass is 10.0. The van der Waals surface area contributed by atoms with Crippen molar-refractivity contribution in [1.29, 1.82) is 0 Å². The summed E-state index contributed by atoms with van der Waals surface area (Å²) in [6.45, 7) is 5.89. The SMILES string of the molecule is Cc1cc(NC(C)C2CCOC2)ncn1. The summed E-state index contributed by atoms with van der Waals surface area (Å²) in [4.78, 5) is 8.26. The number of nitrogens with one attached hydrogen (secondary N) is 1. The van der Waals surface area contributed by atoms with Crippen molar-refractivity contribution in [2.75, 3.05) is 18.5 Å². The molecular weight excluding hydrogens is 190 g/mol. The van der Waals surface area contributed by atoms with E-state index in [0.717, 1.165) is 31.1 Å². The molecule has 4 heteroatoms. The van der Waals surface area contributed by atoms with Crippen LogP contribution in [0.1, 0.15) is 19.0 Å². The lowest BCUT2D eigenvalue weighted by molar-refractivity contribution is 0.183. The van der Waals surface area contributed by atoms with Crippen LogP contribution in [0.4, 0.5) is 5.82 Å². The van der Waals surface area contributed by atoms with Gasteiger partial charge in [0.05, 0.1) is 6.61 Å². The Hall–Kier alpha value is -1.16. The van der Waals surface area contributed by atoms with Crippen molar-refractivity contribution in [3.05, 3.63) is 18.1 Å². The Kier molecular flexibility index (Phi) is 3.16. The van der Waals surface area contributed by atoms with Gasteiger partial charge in [-0.2, -0.15) is 0 Å². The average Bonchev–Trinajstić information content (AvgIpc) is 2.70. The Morgan fingerprint density at radius 2 is 2.40 bits per heavy atom. The molecule has 1 aromatic rings. The molecule has 82 valence electrons. The summed E-state index contributed by atoms with van der Waals surface area (Å²) >= 11 is 0. The number of aromatic nitrogens is 2. The third-order valence-electron chi connectivity index (χ3n) is 2.85. The molecule has 1 aliphatic rings. The summed E-state index contributed by atoms with van der Waals surface area (Å²) in [5, 5.41) is 3.39. The zero-order chi connectivity index (χ0) is 10.7. The van der Waals surface area contributed by atoms with Crippen molar-refractivity contribution in [3.63, 3.8) is 0 Å². The second-order valence-electron chi connectivity index (χ2n) is 4.10. The summed E-state index contributed by atoms with van der Waals surface area (Å²) in [6.07, 6.45) is 2.73. The van der Waals surface area contributed by atoms with E-state index < -0.39 is 0 Å². The summed E-state index contributed by atoms with van der Waals surface area (Å²) < 4.78 is 5.37. The zero-order valence-electron chi connectivity index (χ0n) is 9.23. The molecule has 0 spiro atoms. The van der Waals surface area contributed by atoms with Crippen molar-refractivity contribution in [1.82, 2.24) is 9.97 Å². The van der Waals surface area contributed by atoms with Gasteiger partial charge in [0.2, 0.25) is 0 Å². The molecule has 2 atom stereocenters. The number of hydrogen-bond acceptors (Lipinski definition) is 4. The highest BCUT2D eigenvalue weighted by Crippen LogP contribution is 2.19. The molecule has 0 bridgehead atoms. The van der Waals surface area contributed by atoms with E-state index in [1.807, 2.05) is 13.0 Å². The molecule has 1 saturated heterocycles. The number of anilines is 1. The van der Waals surface area contributed by atoms with Gasteiger partial charge in [-0.3, -0.25) is 0 Å². The van der Waals surface area contributed by atoms with Gasteiger partial charge in [0.1, 0.15) is 12.1 Å².